The Kier molecular flexibility index (Phi) is 13.3. The van der Waals surface area contributed by atoms with Crippen molar-refractivity contribution in [3.8, 4) is 0 Å². The Hall–Kier alpha value is -4.29. The molecule has 0 radical (unpaired) electrons. The lowest BCUT2D eigenvalue weighted by Crippen LogP contribution is -2.57. The van der Waals surface area contributed by atoms with Crippen LogP contribution in [0.1, 0.15) is 36.8 Å². The van der Waals surface area contributed by atoms with Crippen molar-refractivity contribution in [2.24, 2.45) is 11.5 Å². The molecule has 0 saturated heterocycles. The number of amides is 3. The number of nitrogens with one attached hydrogen (secondary N) is 3. The monoisotopic (exact) mass is 555 g/mol. The molecular formula is C28H37N5O7. The predicted molar refractivity (Wildman–Crippen MR) is 147 cm³/mol. The fraction of sp³-hybridized carbons (Fsp3) is 0.393. The van der Waals surface area contributed by atoms with Crippen LogP contribution in [-0.2, 0) is 36.8 Å². The summed E-state index contributed by atoms with van der Waals surface area (Å²) in [4.78, 5) is 62.2. The Morgan fingerprint density at radius 1 is 0.675 bits per heavy atom. The molecule has 0 saturated carbocycles. The van der Waals surface area contributed by atoms with E-state index in [1.807, 2.05) is 6.07 Å². The van der Waals surface area contributed by atoms with Gasteiger partial charge in [0.05, 0.1) is 12.5 Å². The molecule has 12 nitrogen and oxygen atoms in total. The molecule has 3 amide bonds. The van der Waals surface area contributed by atoms with E-state index in [0.29, 0.717) is 24.9 Å². The number of nitrogens with two attached hydrogens (primary N) is 2. The number of carboxylic acid groups (broad SMARTS) is 2. The zero-order chi connectivity index (χ0) is 29.5. The standard InChI is InChI=1S/C28H37N5O7/c29-14-8-7-13-21(26(37)33-23(28(39)40)16-19-11-5-2-6-12-19)31-27(38)22(17-24(34)35)32-25(36)20(30)15-18-9-3-1-4-10-18/h1-6,9-12,20-23H,7-8,13-17,29-30H2,(H,31,38)(H,32,36)(H,33,37)(H,34,35)(H,39,40). The molecule has 4 atom stereocenters. The predicted octanol–water partition coefficient (Wildman–Crippen LogP) is -0.0582. The van der Waals surface area contributed by atoms with Crippen molar-refractivity contribution in [3.05, 3.63) is 71.8 Å². The molecule has 4 unspecified atom stereocenters. The molecule has 0 aromatic heterocycles. The van der Waals surface area contributed by atoms with Gasteiger partial charge in [-0.05, 0) is 43.4 Å². The van der Waals surface area contributed by atoms with Crippen molar-refractivity contribution < 1.29 is 34.2 Å². The van der Waals surface area contributed by atoms with Crippen molar-refractivity contribution in [2.45, 2.75) is 62.7 Å². The quantitative estimate of drug-likeness (QED) is 0.130. The van der Waals surface area contributed by atoms with Gasteiger partial charge in [0.1, 0.15) is 18.1 Å². The highest BCUT2D eigenvalue weighted by Gasteiger charge is 2.31. The second-order valence-corrected chi connectivity index (χ2v) is 9.39. The zero-order valence-corrected chi connectivity index (χ0v) is 22.1. The molecular weight excluding hydrogens is 518 g/mol. The van der Waals surface area contributed by atoms with Crippen LogP contribution in [0.5, 0.6) is 0 Å². The number of rotatable bonds is 17. The first-order chi connectivity index (χ1) is 19.1. The van der Waals surface area contributed by atoms with Gasteiger partial charge in [-0.25, -0.2) is 4.79 Å². The summed E-state index contributed by atoms with van der Waals surface area (Å²) in [6.45, 7) is 0.338. The first-order valence-corrected chi connectivity index (χ1v) is 13.0. The summed E-state index contributed by atoms with van der Waals surface area (Å²) in [6, 6.07) is 12.6. The molecule has 0 fully saturated rings. The Morgan fingerprint density at radius 2 is 1.18 bits per heavy atom. The van der Waals surface area contributed by atoms with Gasteiger partial charge in [-0.1, -0.05) is 60.7 Å². The normalized spacial score (nSPS) is 13.8. The Morgan fingerprint density at radius 3 is 1.70 bits per heavy atom. The third-order valence-electron chi connectivity index (χ3n) is 6.12. The number of unbranched alkanes of at least 4 members (excludes halogenated alkanes) is 1. The lowest BCUT2D eigenvalue weighted by molar-refractivity contribution is -0.143. The second kappa shape index (κ2) is 16.6. The van der Waals surface area contributed by atoms with E-state index in [0.717, 1.165) is 5.56 Å². The van der Waals surface area contributed by atoms with Crippen LogP contribution in [-0.4, -0.2) is 70.6 Å². The molecule has 0 aliphatic heterocycles. The lowest BCUT2D eigenvalue weighted by atomic mass is 10.0. The molecule has 9 N–H and O–H groups in total. The van der Waals surface area contributed by atoms with E-state index < -0.39 is 60.2 Å². The topological polar surface area (TPSA) is 214 Å². The summed E-state index contributed by atoms with van der Waals surface area (Å²) in [7, 11) is 0. The minimum atomic E-state index is -1.52. The summed E-state index contributed by atoms with van der Waals surface area (Å²) in [5.41, 5.74) is 13.0. The Balaban J connectivity index is 2.13. The molecule has 2 aromatic carbocycles. The SMILES string of the molecule is NCCCCC(NC(=O)C(CC(=O)O)NC(=O)C(N)Cc1ccccc1)C(=O)NC(Cc1ccccc1)C(=O)O. The highest BCUT2D eigenvalue weighted by molar-refractivity contribution is 5.95. The smallest absolute Gasteiger partial charge is 0.326 e. The summed E-state index contributed by atoms with van der Waals surface area (Å²) in [6.07, 6.45) is 0.518. The van der Waals surface area contributed by atoms with E-state index in [1.54, 1.807) is 54.6 Å². The van der Waals surface area contributed by atoms with Crippen LogP contribution in [0.4, 0.5) is 0 Å². The van der Waals surface area contributed by atoms with Crippen molar-refractivity contribution in [3.63, 3.8) is 0 Å². The lowest BCUT2D eigenvalue weighted by Gasteiger charge is -2.25. The average Bonchev–Trinajstić information content (AvgIpc) is 2.92. The van der Waals surface area contributed by atoms with Gasteiger partial charge in [0.25, 0.3) is 0 Å². The highest BCUT2D eigenvalue weighted by Crippen LogP contribution is 2.08. The summed E-state index contributed by atoms with van der Waals surface area (Å²) >= 11 is 0. The number of hydrogen-bond donors (Lipinski definition) is 7. The van der Waals surface area contributed by atoms with Gasteiger partial charge in [-0.3, -0.25) is 19.2 Å². The first kappa shape index (κ1) is 31.9. The maximum absolute atomic E-state index is 13.1. The van der Waals surface area contributed by atoms with Crippen molar-refractivity contribution in [2.75, 3.05) is 6.54 Å². The number of hydrogen-bond acceptors (Lipinski definition) is 7. The average molecular weight is 556 g/mol. The third-order valence-corrected chi connectivity index (χ3v) is 6.12. The molecule has 0 aliphatic carbocycles. The van der Waals surface area contributed by atoms with E-state index in [2.05, 4.69) is 16.0 Å². The largest absolute Gasteiger partial charge is 0.481 e. The van der Waals surface area contributed by atoms with Crippen LogP contribution in [0.25, 0.3) is 0 Å². The van der Waals surface area contributed by atoms with Gasteiger partial charge in [-0.15, -0.1) is 0 Å². The molecule has 2 aromatic rings. The van der Waals surface area contributed by atoms with Gasteiger partial charge in [0, 0.05) is 6.42 Å². The molecule has 0 spiro atoms. The van der Waals surface area contributed by atoms with E-state index in [1.165, 1.54) is 0 Å². The minimum absolute atomic E-state index is 0.0162. The van der Waals surface area contributed by atoms with Gasteiger partial charge in [0.15, 0.2) is 0 Å². The van der Waals surface area contributed by atoms with E-state index in [-0.39, 0.29) is 19.3 Å². The van der Waals surface area contributed by atoms with Crippen LogP contribution in [0.3, 0.4) is 0 Å². The number of benzene rings is 2. The fourth-order valence-electron chi connectivity index (χ4n) is 3.98. The van der Waals surface area contributed by atoms with Crippen LogP contribution in [0, 0.1) is 0 Å². The zero-order valence-electron chi connectivity index (χ0n) is 22.1. The maximum atomic E-state index is 13.1. The first-order valence-electron chi connectivity index (χ1n) is 13.0. The number of carbonyl (C=O) groups is 5. The van der Waals surface area contributed by atoms with Gasteiger partial charge in [0.2, 0.25) is 17.7 Å². The van der Waals surface area contributed by atoms with Crippen LogP contribution in [0.15, 0.2) is 60.7 Å². The number of carboxylic acids is 2. The number of carbonyl (C=O) groups excluding carboxylic acids is 3. The van der Waals surface area contributed by atoms with Crippen LogP contribution in [0.2, 0.25) is 0 Å². The van der Waals surface area contributed by atoms with Crippen molar-refractivity contribution in [1.82, 2.24) is 16.0 Å². The van der Waals surface area contributed by atoms with E-state index in [9.17, 15) is 34.2 Å². The molecule has 0 heterocycles. The summed E-state index contributed by atoms with van der Waals surface area (Å²) in [5, 5.41) is 26.3. The van der Waals surface area contributed by atoms with E-state index in [4.69, 9.17) is 11.5 Å². The molecule has 0 bridgehead atoms. The highest BCUT2D eigenvalue weighted by atomic mass is 16.4. The van der Waals surface area contributed by atoms with Crippen molar-refractivity contribution in [1.29, 1.82) is 0 Å². The summed E-state index contributed by atoms with van der Waals surface area (Å²) < 4.78 is 0. The molecule has 12 heteroatoms. The molecule has 40 heavy (non-hydrogen) atoms. The number of aliphatic carboxylic acids is 2. The molecule has 2 rings (SSSR count). The van der Waals surface area contributed by atoms with Gasteiger partial charge >= 0.3 is 11.9 Å². The Bertz CT molecular complexity index is 1130. The molecule has 0 aliphatic rings. The minimum Gasteiger partial charge on any atom is -0.481 e. The maximum Gasteiger partial charge on any atom is 0.326 e. The van der Waals surface area contributed by atoms with Gasteiger partial charge < -0.3 is 37.6 Å². The summed E-state index contributed by atoms with van der Waals surface area (Å²) in [5.74, 6) is -5.01. The van der Waals surface area contributed by atoms with Crippen LogP contribution >= 0.6 is 0 Å². The molecule has 216 valence electrons. The fourth-order valence-corrected chi connectivity index (χ4v) is 3.98. The van der Waals surface area contributed by atoms with Crippen molar-refractivity contribution >= 4 is 29.7 Å². The van der Waals surface area contributed by atoms with Crippen LogP contribution < -0.4 is 27.4 Å². The Labute approximate surface area is 232 Å². The third kappa shape index (κ3) is 11.2. The van der Waals surface area contributed by atoms with Gasteiger partial charge in [-0.2, -0.15) is 0 Å². The second-order valence-electron chi connectivity index (χ2n) is 9.39. The van der Waals surface area contributed by atoms with E-state index >= 15 is 0 Å².